The largest absolute Gasteiger partial charge is 0.396 e. The lowest BCUT2D eigenvalue weighted by molar-refractivity contribution is 0.0546. The van der Waals surface area contributed by atoms with Gasteiger partial charge >= 0.3 is 0 Å². The maximum atomic E-state index is 10.1. The van der Waals surface area contributed by atoms with Crippen molar-refractivity contribution in [2.24, 2.45) is 5.92 Å². The Balaban J connectivity index is 1.78. The summed E-state index contributed by atoms with van der Waals surface area (Å²) in [4.78, 5) is 10.5. The van der Waals surface area contributed by atoms with E-state index in [1.54, 1.807) is 23.1 Å². The smallest absolute Gasteiger partial charge is 0.223 e. The van der Waals surface area contributed by atoms with Gasteiger partial charge in [0.2, 0.25) is 5.95 Å². The highest BCUT2D eigenvalue weighted by molar-refractivity contribution is 8.01. The van der Waals surface area contributed by atoms with Crippen LogP contribution in [0.1, 0.15) is 6.42 Å². The zero-order valence-corrected chi connectivity index (χ0v) is 13.6. The number of aromatic nitrogens is 2. The van der Waals surface area contributed by atoms with Gasteiger partial charge in [-0.15, -0.1) is 11.3 Å². The molecule has 3 heterocycles. The van der Waals surface area contributed by atoms with Crippen LogP contribution in [0.3, 0.4) is 0 Å². The molecule has 118 valence electrons. The maximum Gasteiger partial charge on any atom is 0.223 e. The van der Waals surface area contributed by atoms with Gasteiger partial charge in [0.1, 0.15) is 10.8 Å². The summed E-state index contributed by atoms with van der Waals surface area (Å²) >= 11 is 3.20. The summed E-state index contributed by atoms with van der Waals surface area (Å²) in [5.74, 6) is 0.896. The number of aliphatic hydroxyl groups excluding tert-OH is 2. The Kier molecular flexibility index (Phi) is 4.82. The van der Waals surface area contributed by atoms with Crippen molar-refractivity contribution in [2.45, 2.75) is 21.8 Å². The standard InChI is InChI=1S/C14H18N4O2S2/c15-14-16-11(18-4-3-9(8-19)10(20)7-18)6-12(17-14)22-13-2-1-5-21-13/h1-2,5-6,9-10,19-20H,3-4,7-8H2,(H2,15,16,17)/t9-,10-/m1/s1. The first-order valence-corrected chi connectivity index (χ1v) is 8.75. The predicted octanol–water partition coefficient (Wildman–Crippen LogP) is 1.45. The first-order chi connectivity index (χ1) is 10.7. The molecule has 0 bridgehead atoms. The third-order valence-corrected chi connectivity index (χ3v) is 5.64. The molecule has 0 unspecified atom stereocenters. The monoisotopic (exact) mass is 338 g/mol. The Morgan fingerprint density at radius 1 is 1.45 bits per heavy atom. The molecule has 2 atom stereocenters. The molecule has 0 aliphatic carbocycles. The van der Waals surface area contributed by atoms with Crippen LogP contribution >= 0.6 is 23.1 Å². The third-order valence-electron chi connectivity index (χ3n) is 3.69. The average Bonchev–Trinajstić information content (AvgIpc) is 2.99. The molecule has 8 heteroatoms. The lowest BCUT2D eigenvalue weighted by atomic mass is 9.95. The highest BCUT2D eigenvalue weighted by Crippen LogP contribution is 2.32. The van der Waals surface area contributed by atoms with Crippen LogP contribution in [0.2, 0.25) is 0 Å². The van der Waals surface area contributed by atoms with E-state index in [1.165, 1.54) is 0 Å². The lowest BCUT2D eigenvalue weighted by Crippen LogP contribution is -2.45. The second kappa shape index (κ2) is 6.82. The number of hydrogen-bond acceptors (Lipinski definition) is 8. The van der Waals surface area contributed by atoms with Crippen LogP contribution in [0.15, 0.2) is 32.8 Å². The minimum atomic E-state index is -0.552. The Bertz CT molecular complexity index is 623. The number of β-amino-alcohol motifs (C(OH)–C–C–N with tert-alkyl or cyclic N) is 1. The second-order valence-corrected chi connectivity index (χ2v) is 7.47. The van der Waals surface area contributed by atoms with Gasteiger partial charge in [0.15, 0.2) is 0 Å². The van der Waals surface area contributed by atoms with Crippen molar-refractivity contribution >= 4 is 34.9 Å². The van der Waals surface area contributed by atoms with Gasteiger partial charge in [0.05, 0.1) is 10.3 Å². The van der Waals surface area contributed by atoms with Crippen molar-refractivity contribution in [1.82, 2.24) is 9.97 Å². The summed E-state index contributed by atoms with van der Waals surface area (Å²) in [6.45, 7) is 1.20. The minimum absolute atomic E-state index is 0.0143. The molecule has 0 aromatic carbocycles. The molecule has 0 spiro atoms. The van der Waals surface area contributed by atoms with Gasteiger partial charge in [-0.05, 0) is 17.9 Å². The third kappa shape index (κ3) is 3.52. The summed E-state index contributed by atoms with van der Waals surface area (Å²) in [6.07, 6.45) is 0.179. The molecular weight excluding hydrogens is 320 g/mol. The van der Waals surface area contributed by atoms with E-state index in [0.717, 1.165) is 28.0 Å². The number of thiophene rings is 1. The van der Waals surface area contributed by atoms with Crippen LogP contribution in [0.25, 0.3) is 0 Å². The van der Waals surface area contributed by atoms with Gasteiger partial charge < -0.3 is 20.8 Å². The number of piperidine rings is 1. The van der Waals surface area contributed by atoms with Gasteiger partial charge in [0.25, 0.3) is 0 Å². The van der Waals surface area contributed by atoms with E-state index >= 15 is 0 Å². The van der Waals surface area contributed by atoms with Crippen LogP contribution < -0.4 is 10.6 Å². The minimum Gasteiger partial charge on any atom is -0.396 e. The predicted molar refractivity (Wildman–Crippen MR) is 88.3 cm³/mol. The number of rotatable bonds is 4. The summed E-state index contributed by atoms with van der Waals surface area (Å²) in [7, 11) is 0. The Morgan fingerprint density at radius 3 is 3.00 bits per heavy atom. The Hall–Kier alpha value is -1.35. The lowest BCUT2D eigenvalue weighted by Gasteiger charge is -2.35. The van der Waals surface area contributed by atoms with Crippen LogP contribution in [0, 0.1) is 5.92 Å². The van der Waals surface area contributed by atoms with Crippen molar-refractivity contribution in [2.75, 3.05) is 30.3 Å². The highest BCUT2D eigenvalue weighted by atomic mass is 32.2. The van der Waals surface area contributed by atoms with E-state index in [2.05, 4.69) is 9.97 Å². The molecule has 6 nitrogen and oxygen atoms in total. The van der Waals surface area contributed by atoms with Crippen molar-refractivity contribution in [3.05, 3.63) is 23.6 Å². The topological polar surface area (TPSA) is 95.5 Å². The van der Waals surface area contributed by atoms with Crippen molar-refractivity contribution in [3.8, 4) is 0 Å². The van der Waals surface area contributed by atoms with E-state index in [-0.39, 0.29) is 18.5 Å². The molecule has 0 amide bonds. The first-order valence-electron chi connectivity index (χ1n) is 7.05. The number of nitrogen functional groups attached to an aromatic ring is 1. The van der Waals surface area contributed by atoms with Crippen molar-refractivity contribution in [1.29, 1.82) is 0 Å². The molecule has 1 aliphatic rings. The van der Waals surface area contributed by atoms with Crippen molar-refractivity contribution < 1.29 is 10.2 Å². The van der Waals surface area contributed by atoms with Crippen LogP contribution in [-0.4, -0.2) is 46.0 Å². The highest BCUT2D eigenvalue weighted by Gasteiger charge is 2.28. The van der Waals surface area contributed by atoms with Gasteiger partial charge in [-0.3, -0.25) is 0 Å². The quantitative estimate of drug-likeness (QED) is 0.726. The van der Waals surface area contributed by atoms with Gasteiger partial charge in [-0.1, -0.05) is 17.8 Å². The zero-order chi connectivity index (χ0) is 15.5. The number of anilines is 2. The Labute approximate surface area is 137 Å². The molecule has 2 aromatic rings. The fourth-order valence-corrected chi connectivity index (χ4v) is 4.19. The molecule has 1 fully saturated rings. The SMILES string of the molecule is Nc1nc(Sc2cccs2)cc(N2CC[C@H](CO)[C@H](O)C2)n1. The summed E-state index contributed by atoms with van der Waals surface area (Å²) < 4.78 is 1.14. The number of nitrogens with two attached hydrogens (primary N) is 1. The summed E-state index contributed by atoms with van der Waals surface area (Å²) in [5.41, 5.74) is 5.82. The molecule has 0 radical (unpaired) electrons. The van der Waals surface area contributed by atoms with E-state index in [0.29, 0.717) is 6.54 Å². The summed E-state index contributed by atoms with van der Waals surface area (Å²) in [6, 6.07) is 5.92. The van der Waals surface area contributed by atoms with Crippen molar-refractivity contribution in [3.63, 3.8) is 0 Å². The van der Waals surface area contributed by atoms with Gasteiger partial charge in [0, 0.05) is 31.7 Å². The molecule has 3 rings (SSSR count). The van der Waals surface area contributed by atoms with Crippen LogP contribution in [0.4, 0.5) is 11.8 Å². The number of nitrogens with zero attached hydrogens (tertiary/aromatic N) is 3. The van der Waals surface area contributed by atoms with Gasteiger partial charge in [-0.25, -0.2) is 4.98 Å². The molecule has 1 aliphatic heterocycles. The normalized spacial score (nSPS) is 22.0. The maximum absolute atomic E-state index is 10.1. The van der Waals surface area contributed by atoms with Crippen LogP contribution in [0.5, 0.6) is 0 Å². The summed E-state index contributed by atoms with van der Waals surface area (Å²) in [5, 5.41) is 22.1. The van der Waals surface area contributed by atoms with E-state index in [9.17, 15) is 10.2 Å². The second-order valence-electron chi connectivity index (χ2n) is 5.20. The molecule has 1 saturated heterocycles. The first kappa shape index (κ1) is 15.5. The average molecular weight is 338 g/mol. The van der Waals surface area contributed by atoms with E-state index in [1.807, 2.05) is 28.5 Å². The molecular formula is C14H18N4O2S2. The van der Waals surface area contributed by atoms with E-state index < -0.39 is 6.10 Å². The zero-order valence-electron chi connectivity index (χ0n) is 11.9. The molecule has 0 saturated carbocycles. The number of aliphatic hydroxyl groups is 2. The molecule has 4 N–H and O–H groups in total. The fraction of sp³-hybridized carbons (Fsp3) is 0.429. The van der Waals surface area contributed by atoms with Crippen LogP contribution in [-0.2, 0) is 0 Å². The fourth-order valence-electron chi connectivity index (χ4n) is 2.47. The molecule has 2 aromatic heterocycles. The van der Waals surface area contributed by atoms with Gasteiger partial charge in [-0.2, -0.15) is 4.98 Å². The Morgan fingerprint density at radius 2 is 2.32 bits per heavy atom. The number of hydrogen-bond donors (Lipinski definition) is 3. The molecule has 22 heavy (non-hydrogen) atoms. The van der Waals surface area contributed by atoms with E-state index in [4.69, 9.17) is 5.73 Å².